The van der Waals surface area contributed by atoms with Crippen molar-refractivity contribution in [1.82, 2.24) is 10.1 Å². The maximum Gasteiger partial charge on any atom is 0.262 e. The third kappa shape index (κ3) is 3.73. The van der Waals surface area contributed by atoms with Gasteiger partial charge in [-0.25, -0.2) is 9.88 Å². The lowest BCUT2D eigenvalue weighted by atomic mass is 9.56. The Morgan fingerprint density at radius 1 is 1.19 bits per heavy atom. The summed E-state index contributed by atoms with van der Waals surface area (Å²) >= 11 is 7.49. The van der Waals surface area contributed by atoms with E-state index in [9.17, 15) is 19.8 Å². The third-order valence-corrected chi connectivity index (χ3v) is 8.86. The van der Waals surface area contributed by atoms with Gasteiger partial charge in [-0.3, -0.25) is 9.59 Å². The van der Waals surface area contributed by atoms with E-state index in [2.05, 4.69) is 10.1 Å². The van der Waals surface area contributed by atoms with Crippen molar-refractivity contribution in [2.75, 3.05) is 11.5 Å². The highest BCUT2D eigenvalue weighted by molar-refractivity contribution is 7.16. The molecule has 3 heterocycles. The Morgan fingerprint density at radius 3 is 2.78 bits per heavy atom. The lowest BCUT2D eigenvalue weighted by molar-refractivity contribution is -0.176. The number of carbonyl (C=O) groups is 2. The normalized spacial score (nSPS) is 27.3. The van der Waals surface area contributed by atoms with Crippen molar-refractivity contribution in [3.63, 3.8) is 0 Å². The number of rotatable bonds is 5. The summed E-state index contributed by atoms with van der Waals surface area (Å²) in [5, 5.41) is 27.8. The SMILES string of the molecule is CC1(C)[C@@H]2C(=O)N(c3ccc4ncsc4c3)C(=O)[C@@H]2[C@@](O)(CCOc2noc3ccc(Cl)cc23)C[C@@H]1O. The van der Waals surface area contributed by atoms with E-state index in [0.717, 1.165) is 15.1 Å². The number of halogens is 1. The van der Waals surface area contributed by atoms with Gasteiger partial charge in [-0.2, -0.15) is 0 Å². The van der Waals surface area contributed by atoms with Crippen LogP contribution in [0.4, 0.5) is 5.69 Å². The Hall–Kier alpha value is -3.05. The fourth-order valence-electron chi connectivity index (χ4n) is 5.70. The molecule has 1 aliphatic heterocycles. The maximum atomic E-state index is 13.8. The van der Waals surface area contributed by atoms with E-state index in [4.69, 9.17) is 20.9 Å². The van der Waals surface area contributed by atoms with Crippen LogP contribution in [0.1, 0.15) is 26.7 Å². The monoisotopic (exact) mass is 541 g/mol. The number of hydrogen-bond donors (Lipinski definition) is 2. The second-order valence-electron chi connectivity index (χ2n) is 10.3. The molecule has 2 aliphatic rings. The third-order valence-electron chi connectivity index (χ3n) is 7.84. The molecule has 0 bridgehead atoms. The Kier molecular flexibility index (Phi) is 5.57. The molecule has 4 atom stereocenters. The molecule has 4 aromatic rings. The number of anilines is 1. The highest BCUT2D eigenvalue weighted by atomic mass is 35.5. The molecule has 0 radical (unpaired) electrons. The molecular weight excluding hydrogens is 518 g/mol. The molecule has 0 unspecified atom stereocenters. The summed E-state index contributed by atoms with van der Waals surface area (Å²) in [5.74, 6) is -2.65. The van der Waals surface area contributed by atoms with Crippen LogP contribution in [0.3, 0.4) is 0 Å². The molecule has 1 saturated heterocycles. The highest BCUT2D eigenvalue weighted by Crippen LogP contribution is 2.55. The number of aromatic nitrogens is 2. The van der Waals surface area contributed by atoms with Crippen molar-refractivity contribution < 1.29 is 29.1 Å². The molecule has 6 rings (SSSR count). The molecule has 11 heteroatoms. The van der Waals surface area contributed by atoms with Crippen LogP contribution < -0.4 is 9.64 Å². The summed E-state index contributed by atoms with van der Waals surface area (Å²) < 4.78 is 11.9. The lowest BCUT2D eigenvalue weighted by Crippen LogP contribution is -2.59. The minimum atomic E-state index is -1.67. The van der Waals surface area contributed by atoms with E-state index >= 15 is 0 Å². The molecule has 2 amide bonds. The van der Waals surface area contributed by atoms with Crippen LogP contribution in [0.5, 0.6) is 5.88 Å². The van der Waals surface area contributed by atoms with Gasteiger partial charge in [-0.1, -0.05) is 25.4 Å². The van der Waals surface area contributed by atoms with Gasteiger partial charge in [0.1, 0.15) is 0 Å². The summed E-state index contributed by atoms with van der Waals surface area (Å²) in [4.78, 5) is 32.9. The molecule has 2 aromatic carbocycles. The molecule has 192 valence electrons. The van der Waals surface area contributed by atoms with Gasteiger partial charge >= 0.3 is 0 Å². The molecule has 1 aliphatic carbocycles. The molecule has 1 saturated carbocycles. The van der Waals surface area contributed by atoms with E-state index in [1.54, 1.807) is 55.8 Å². The van der Waals surface area contributed by atoms with Gasteiger partial charge in [0.15, 0.2) is 5.58 Å². The molecule has 0 spiro atoms. The molecule has 9 nitrogen and oxygen atoms in total. The minimum absolute atomic E-state index is 0.00301. The quantitative estimate of drug-likeness (QED) is 0.360. The van der Waals surface area contributed by atoms with Gasteiger partial charge in [-0.05, 0) is 41.6 Å². The number of thiazole rings is 1. The maximum absolute atomic E-state index is 13.8. The number of amides is 2. The van der Waals surface area contributed by atoms with Gasteiger partial charge in [0.2, 0.25) is 11.8 Å². The fraction of sp³-hybridized carbons (Fsp3) is 0.385. The van der Waals surface area contributed by atoms with Crippen molar-refractivity contribution in [3.05, 3.63) is 46.9 Å². The predicted molar refractivity (Wildman–Crippen MR) is 138 cm³/mol. The number of imide groups is 1. The van der Waals surface area contributed by atoms with Crippen LogP contribution in [0.15, 0.2) is 46.4 Å². The standard InChI is InChI=1S/C26H24ClN3O6S/c1-25(2)19(31)11-26(34,7-8-35-22-15-9-13(27)3-6-17(15)36-29-22)21-20(25)23(32)30(24(21)33)14-4-5-16-18(10-14)37-12-28-16/h3-6,9-10,12,19-21,31,34H,7-8,11H2,1-2H3/t19-,20-,21+,26+/m0/s1. The van der Waals surface area contributed by atoms with Crippen molar-refractivity contribution in [2.45, 2.75) is 38.4 Å². The van der Waals surface area contributed by atoms with Crippen molar-refractivity contribution in [1.29, 1.82) is 0 Å². The number of benzene rings is 2. The van der Waals surface area contributed by atoms with Crippen molar-refractivity contribution >= 4 is 61.6 Å². The zero-order chi connectivity index (χ0) is 26.1. The second-order valence-corrected chi connectivity index (χ2v) is 11.7. The Morgan fingerprint density at radius 2 is 1.97 bits per heavy atom. The molecule has 2 N–H and O–H groups in total. The number of aliphatic hydroxyl groups is 2. The first kappa shape index (κ1) is 24.3. The van der Waals surface area contributed by atoms with Gasteiger partial charge in [0.05, 0.1) is 56.9 Å². The fourth-order valence-corrected chi connectivity index (χ4v) is 6.59. The predicted octanol–water partition coefficient (Wildman–Crippen LogP) is 4.19. The van der Waals surface area contributed by atoms with Crippen LogP contribution in [0.25, 0.3) is 21.2 Å². The number of hydrogen-bond acceptors (Lipinski definition) is 9. The smallest absolute Gasteiger partial charge is 0.262 e. The van der Waals surface area contributed by atoms with E-state index in [-0.39, 0.29) is 25.3 Å². The molecule has 37 heavy (non-hydrogen) atoms. The van der Waals surface area contributed by atoms with Crippen LogP contribution in [0.2, 0.25) is 5.02 Å². The summed E-state index contributed by atoms with van der Waals surface area (Å²) in [7, 11) is 0. The Bertz CT molecular complexity index is 1550. The first-order valence-electron chi connectivity index (χ1n) is 11.9. The van der Waals surface area contributed by atoms with Gasteiger partial charge in [0, 0.05) is 23.3 Å². The van der Waals surface area contributed by atoms with E-state index in [1.165, 1.54) is 11.3 Å². The van der Waals surface area contributed by atoms with Crippen LogP contribution >= 0.6 is 22.9 Å². The summed E-state index contributed by atoms with van der Waals surface area (Å²) in [6.45, 7) is 3.50. The summed E-state index contributed by atoms with van der Waals surface area (Å²) in [6, 6.07) is 10.2. The minimum Gasteiger partial charge on any atom is -0.475 e. The van der Waals surface area contributed by atoms with Crippen LogP contribution in [-0.2, 0) is 9.59 Å². The summed E-state index contributed by atoms with van der Waals surface area (Å²) in [6.07, 6.45) is -1.08. The first-order chi connectivity index (χ1) is 17.6. The average Bonchev–Trinajstić information content (AvgIpc) is 3.54. The average molecular weight is 542 g/mol. The van der Waals surface area contributed by atoms with Crippen molar-refractivity contribution in [2.24, 2.45) is 17.3 Å². The topological polar surface area (TPSA) is 126 Å². The van der Waals surface area contributed by atoms with Gasteiger partial charge in [0.25, 0.3) is 5.88 Å². The van der Waals surface area contributed by atoms with E-state index in [0.29, 0.717) is 21.7 Å². The Labute approximate surface area is 220 Å². The van der Waals surface area contributed by atoms with Crippen LogP contribution in [0, 0.1) is 17.3 Å². The lowest BCUT2D eigenvalue weighted by Gasteiger charge is -2.49. The largest absolute Gasteiger partial charge is 0.475 e. The number of fused-ring (bicyclic) bond motifs is 3. The molecular formula is C26H24ClN3O6S. The van der Waals surface area contributed by atoms with E-state index < -0.39 is 40.8 Å². The Balaban J connectivity index is 1.30. The number of aliphatic hydroxyl groups excluding tert-OH is 1. The number of nitrogens with zero attached hydrogens (tertiary/aromatic N) is 3. The molecule has 2 fully saturated rings. The van der Waals surface area contributed by atoms with E-state index in [1.807, 2.05) is 0 Å². The zero-order valence-electron chi connectivity index (χ0n) is 20.1. The first-order valence-corrected chi connectivity index (χ1v) is 13.2. The number of ether oxygens (including phenoxy) is 1. The van der Waals surface area contributed by atoms with Gasteiger partial charge < -0.3 is 19.5 Å². The number of carbonyl (C=O) groups excluding carboxylic acids is 2. The zero-order valence-corrected chi connectivity index (χ0v) is 21.6. The van der Waals surface area contributed by atoms with Crippen LogP contribution in [-0.4, -0.2) is 50.5 Å². The second kappa shape index (κ2) is 8.49. The molecule has 2 aromatic heterocycles. The van der Waals surface area contributed by atoms with Gasteiger partial charge in [-0.15, -0.1) is 11.3 Å². The summed E-state index contributed by atoms with van der Waals surface area (Å²) in [5.41, 5.74) is 0.803. The highest BCUT2D eigenvalue weighted by Gasteiger charge is 2.66. The van der Waals surface area contributed by atoms with Crippen molar-refractivity contribution in [3.8, 4) is 5.88 Å².